The van der Waals surface area contributed by atoms with E-state index in [1.807, 2.05) is 20.8 Å². The van der Waals surface area contributed by atoms with Crippen LogP contribution in [-0.4, -0.2) is 14.7 Å². The maximum Gasteiger partial charge on any atom is 0.311 e. The van der Waals surface area contributed by atoms with E-state index in [0.717, 1.165) is 6.42 Å². The Morgan fingerprint density at radius 3 is 2.08 bits per heavy atom. The monoisotopic (exact) mass is 378 g/mol. The van der Waals surface area contributed by atoms with Crippen LogP contribution in [0.4, 0.5) is 0 Å². The third-order valence-electron chi connectivity index (χ3n) is 1.80. The lowest BCUT2D eigenvalue weighted by molar-refractivity contribution is -0.153. The third-order valence-corrected chi connectivity index (χ3v) is 2.49. The molecule has 0 amide bonds. The van der Waals surface area contributed by atoms with Gasteiger partial charge in [-0.15, -0.1) is 0 Å². The number of hydrogen-bond donors (Lipinski definition) is 0. The molecule has 0 atom stereocenters. The Morgan fingerprint density at radius 2 is 1.77 bits per heavy atom. The van der Waals surface area contributed by atoms with Crippen molar-refractivity contribution in [3.63, 3.8) is 0 Å². The fraction of sp³-hybridized carbons (Fsp3) is 0.875. The molecule has 0 heterocycles. The van der Waals surface area contributed by atoms with Gasteiger partial charge >= 0.3 is 5.97 Å². The number of hydrogen-bond acceptors (Lipinski definition) is 2. The second-order valence-electron chi connectivity index (χ2n) is 3.43. The zero-order valence-corrected chi connectivity index (χ0v) is 12.6. The maximum atomic E-state index is 11.5. The highest BCUT2D eigenvalue weighted by atomic mass is 80.0. The maximum absolute atomic E-state index is 11.5. The smallest absolute Gasteiger partial charge is 0.311 e. The normalized spacial score (nSPS) is 12.8. The van der Waals surface area contributed by atoms with Crippen molar-refractivity contribution in [2.75, 3.05) is 6.61 Å². The molecule has 5 heteroatoms. The Morgan fingerprint density at radius 1 is 1.31 bits per heavy atom. The van der Waals surface area contributed by atoms with Gasteiger partial charge in [0.25, 0.3) is 0 Å². The van der Waals surface area contributed by atoms with E-state index in [1.165, 1.54) is 0 Å². The summed E-state index contributed by atoms with van der Waals surface area (Å²) < 4.78 is 4.58. The molecule has 0 aliphatic carbocycles. The molecule has 0 spiro atoms. The highest BCUT2D eigenvalue weighted by molar-refractivity contribution is 9.39. The number of carbonyl (C=O) groups is 1. The van der Waals surface area contributed by atoms with Crippen molar-refractivity contribution in [2.24, 2.45) is 5.41 Å². The Bertz CT molecular complexity index is 184. The molecule has 0 rings (SSSR count). The molecule has 78 valence electrons. The second kappa shape index (κ2) is 5.12. The summed E-state index contributed by atoms with van der Waals surface area (Å²) in [6.45, 7) is 5.95. The minimum Gasteiger partial charge on any atom is -0.462 e. The van der Waals surface area contributed by atoms with Crippen LogP contribution in [0, 0.1) is 5.41 Å². The Hall–Kier alpha value is 0.910. The number of ether oxygens (including phenoxy) is 1. The first-order valence-corrected chi connectivity index (χ1v) is 6.31. The van der Waals surface area contributed by atoms with E-state index < -0.39 is 7.56 Å². The van der Waals surface area contributed by atoms with E-state index in [-0.39, 0.29) is 12.6 Å². The number of esters is 1. The Kier molecular flexibility index (Phi) is 5.48. The number of rotatable bonds is 3. The highest BCUT2D eigenvalue weighted by Crippen LogP contribution is 2.34. The molecule has 0 radical (unpaired) electrons. The van der Waals surface area contributed by atoms with Crippen LogP contribution in [0.1, 0.15) is 27.2 Å². The molecule has 0 aromatic heterocycles. The first kappa shape index (κ1) is 13.9. The molecule has 0 aliphatic heterocycles. The van der Waals surface area contributed by atoms with Crippen molar-refractivity contribution in [3.8, 4) is 0 Å². The molecule has 0 saturated heterocycles. The summed E-state index contributed by atoms with van der Waals surface area (Å²) in [5.41, 5.74) is -0.405. The van der Waals surface area contributed by atoms with Gasteiger partial charge in [0.15, 0.2) is 2.14 Å². The lowest BCUT2D eigenvalue weighted by Gasteiger charge is -2.22. The van der Waals surface area contributed by atoms with Crippen molar-refractivity contribution in [1.82, 2.24) is 0 Å². The van der Waals surface area contributed by atoms with Crippen LogP contribution < -0.4 is 0 Å². The van der Waals surface area contributed by atoms with Crippen LogP contribution >= 0.6 is 47.8 Å². The van der Waals surface area contributed by atoms with Crippen LogP contribution in [0.2, 0.25) is 0 Å². The predicted octanol–water partition coefficient (Wildman–Crippen LogP) is 3.80. The van der Waals surface area contributed by atoms with Gasteiger partial charge in [0, 0.05) is 0 Å². The summed E-state index contributed by atoms with van der Waals surface area (Å²) in [7, 11) is 0. The minimum atomic E-state index is -0.507. The minimum absolute atomic E-state index is 0.183. The van der Waals surface area contributed by atoms with E-state index in [2.05, 4.69) is 47.8 Å². The summed E-state index contributed by atoms with van der Waals surface area (Å²) in [6, 6.07) is 0. The molecule has 0 N–H and O–H groups in total. The fourth-order valence-corrected chi connectivity index (χ4v) is 0.830. The van der Waals surface area contributed by atoms with Crippen LogP contribution in [-0.2, 0) is 9.53 Å². The molecule has 0 bridgehead atoms. The molecular weight excluding hydrogens is 368 g/mol. The first-order chi connectivity index (χ1) is 5.69. The molecule has 0 fully saturated rings. The molecule has 0 saturated carbocycles. The van der Waals surface area contributed by atoms with Gasteiger partial charge in [-0.1, -0.05) is 54.7 Å². The van der Waals surface area contributed by atoms with Gasteiger partial charge in [0.1, 0.15) is 6.61 Å². The van der Waals surface area contributed by atoms with Crippen LogP contribution in [0.3, 0.4) is 0 Å². The third kappa shape index (κ3) is 6.07. The molecule has 13 heavy (non-hydrogen) atoms. The number of carbonyl (C=O) groups excluding carboxylic acids is 1. The second-order valence-corrected chi connectivity index (χ2v) is 10.7. The SMILES string of the molecule is CCC(C)(C)C(=O)OCC(Br)(Br)Br. The molecule has 0 aromatic rings. The Balaban J connectivity index is 4.03. The van der Waals surface area contributed by atoms with Crippen molar-refractivity contribution >= 4 is 53.8 Å². The quantitative estimate of drug-likeness (QED) is 0.550. The zero-order valence-electron chi connectivity index (χ0n) is 7.86. The van der Waals surface area contributed by atoms with Gasteiger partial charge < -0.3 is 4.74 Å². The van der Waals surface area contributed by atoms with E-state index in [1.54, 1.807) is 0 Å². The van der Waals surface area contributed by atoms with E-state index in [9.17, 15) is 4.79 Å². The average Bonchev–Trinajstić information content (AvgIpc) is 1.98. The van der Waals surface area contributed by atoms with Gasteiger partial charge in [-0.25, -0.2) is 0 Å². The first-order valence-electron chi connectivity index (χ1n) is 3.93. The van der Waals surface area contributed by atoms with Crippen LogP contribution in [0.15, 0.2) is 0 Å². The summed E-state index contributed by atoms with van der Waals surface area (Å²) in [5, 5.41) is 0. The van der Waals surface area contributed by atoms with Crippen molar-refractivity contribution in [2.45, 2.75) is 29.3 Å². The van der Waals surface area contributed by atoms with Crippen molar-refractivity contribution in [1.29, 1.82) is 0 Å². The van der Waals surface area contributed by atoms with E-state index in [0.29, 0.717) is 0 Å². The average molecular weight is 381 g/mol. The standard InChI is InChI=1S/C8H13Br3O2/c1-4-7(2,3)6(12)13-5-8(9,10)11/h4-5H2,1-3H3. The molecule has 2 nitrogen and oxygen atoms in total. The van der Waals surface area contributed by atoms with E-state index in [4.69, 9.17) is 4.74 Å². The van der Waals surface area contributed by atoms with Gasteiger partial charge in [-0.05, 0) is 20.3 Å². The molecular formula is C8H13Br3O2. The number of halogens is 3. The van der Waals surface area contributed by atoms with Crippen LogP contribution in [0.25, 0.3) is 0 Å². The van der Waals surface area contributed by atoms with Gasteiger partial charge in [0.2, 0.25) is 0 Å². The highest BCUT2D eigenvalue weighted by Gasteiger charge is 2.29. The predicted molar refractivity (Wildman–Crippen MR) is 64.5 cm³/mol. The zero-order chi connectivity index (χ0) is 10.7. The van der Waals surface area contributed by atoms with Crippen LogP contribution in [0.5, 0.6) is 0 Å². The van der Waals surface area contributed by atoms with Crippen molar-refractivity contribution in [3.05, 3.63) is 0 Å². The van der Waals surface area contributed by atoms with E-state index >= 15 is 0 Å². The van der Waals surface area contributed by atoms with Gasteiger partial charge in [0.05, 0.1) is 5.41 Å². The summed E-state index contributed by atoms with van der Waals surface area (Å²) in [5.74, 6) is -0.183. The molecule has 0 unspecified atom stereocenters. The lowest BCUT2D eigenvalue weighted by Crippen LogP contribution is -2.28. The largest absolute Gasteiger partial charge is 0.462 e. The molecule has 0 aliphatic rings. The fourth-order valence-electron chi connectivity index (χ4n) is 0.487. The summed E-state index contributed by atoms with van der Waals surface area (Å²) in [4.78, 5) is 11.5. The van der Waals surface area contributed by atoms with Crippen molar-refractivity contribution < 1.29 is 9.53 Å². The molecule has 0 aromatic carbocycles. The summed E-state index contributed by atoms with van der Waals surface area (Å²) >= 11 is 9.76. The van der Waals surface area contributed by atoms with Gasteiger partial charge in [-0.3, -0.25) is 4.79 Å². The summed E-state index contributed by atoms with van der Waals surface area (Å²) in [6.07, 6.45) is 0.770. The number of alkyl halides is 3. The van der Waals surface area contributed by atoms with Gasteiger partial charge in [-0.2, -0.15) is 0 Å². The lowest BCUT2D eigenvalue weighted by atomic mass is 9.91. The Labute approximate surface area is 104 Å². The topological polar surface area (TPSA) is 26.3 Å².